The van der Waals surface area contributed by atoms with Crippen LogP contribution in [0.3, 0.4) is 0 Å². The Labute approximate surface area is 821 Å². The predicted molar refractivity (Wildman–Crippen MR) is 527 cm³/mol. The van der Waals surface area contributed by atoms with Crippen molar-refractivity contribution in [3.8, 4) is 33.8 Å². The molecule has 0 unspecified atom stereocenters. The van der Waals surface area contributed by atoms with Gasteiger partial charge in [0.2, 0.25) is 9.84 Å². The summed E-state index contributed by atoms with van der Waals surface area (Å²) in [6.45, 7) is 4.48. The number of carboxylic acids is 3. The molecule has 0 aromatic heterocycles. The summed E-state index contributed by atoms with van der Waals surface area (Å²) in [7, 11) is -3.95. The molecule has 0 saturated heterocycles. The summed E-state index contributed by atoms with van der Waals surface area (Å²) < 4.78 is 33.6. The first-order valence-corrected chi connectivity index (χ1v) is 45.0. The number of fused-ring (bicyclic) bond motifs is 14. The number of aryl methyl sites for hydroxylation is 2. The molecule has 19 rings (SSSR count). The summed E-state index contributed by atoms with van der Waals surface area (Å²) >= 11 is 0. The van der Waals surface area contributed by atoms with Crippen LogP contribution in [0.5, 0.6) is 11.5 Å². The predicted octanol–water partition coefficient (Wildman–Crippen LogP) is 21.3. The summed E-state index contributed by atoms with van der Waals surface area (Å²) in [4.78, 5) is 46.0. The first kappa shape index (κ1) is 103. The van der Waals surface area contributed by atoms with Crippen LogP contribution in [0.2, 0.25) is 0 Å². The van der Waals surface area contributed by atoms with Crippen molar-refractivity contribution in [1.29, 1.82) is 0 Å². The molecule has 0 spiro atoms. The standard InChI is InChI=1S/C42H34N2O5S.3C20H16O2.3C6H6.2Fe.H2O/c1-27-15-33-23-43-35-11-5-13-37(21-35)50(47,48)38-14-6-12-36(22-38)44-24-34-16-28(2)18-40(42(34)46)32-10-4-8-30(20-32)26-49-25-29-7-3-9-31(19-29)39(17-27)41(33)45;3*21-19(22)20(16-10-4-1-5-11-16,17-12-6-2-7-13-17)18-14-8-3-9-15-18;3*1-2-4-6-5-3-1;;;/h3-24,45-46H,25-26H2,1-2H3;3*1-15H,(H,21,22);3*1-6H;;;1H2/q;;;;;;;2*+3;/p-6. The number of sulfone groups is 1. The van der Waals surface area contributed by atoms with Crippen LogP contribution in [-0.4, -0.2) is 44.2 Å². The van der Waals surface area contributed by atoms with E-state index in [1.807, 2.05) is 457 Å². The molecule has 137 heavy (non-hydrogen) atoms. The van der Waals surface area contributed by atoms with Crippen molar-refractivity contribution >= 4 is 51.5 Å². The normalized spacial score (nSPS) is 11.5. The third-order valence-corrected chi connectivity index (χ3v) is 24.0. The van der Waals surface area contributed by atoms with E-state index in [1.165, 1.54) is 36.7 Å². The van der Waals surface area contributed by atoms with Crippen molar-refractivity contribution in [2.24, 2.45) is 9.98 Å². The number of carboxylic acid groups (broad SMARTS) is 3. The summed E-state index contributed by atoms with van der Waals surface area (Å²) in [5.41, 5.74) is 9.96. The quantitative estimate of drug-likeness (QED) is 0.0816. The molecular weight excluding hydrogens is 1810 g/mol. The number of ether oxygens (including phenoxy) is 1. The number of hydrogen-bond donors (Lipinski definition) is 0. The smallest absolute Gasteiger partial charge is 0.872 e. The number of hydrogen-bond acceptors (Lipinski definition) is 14. The van der Waals surface area contributed by atoms with Gasteiger partial charge in [0.15, 0.2) is 0 Å². The number of aliphatic carboxylic acids is 3. The van der Waals surface area contributed by atoms with Crippen molar-refractivity contribution in [3.63, 3.8) is 0 Å². The van der Waals surface area contributed by atoms with E-state index in [0.717, 1.165) is 33.4 Å². The van der Waals surface area contributed by atoms with Crippen LogP contribution in [0.4, 0.5) is 11.4 Å². The van der Waals surface area contributed by atoms with Gasteiger partial charge in [-0.3, -0.25) is 9.98 Å². The van der Waals surface area contributed by atoms with Crippen molar-refractivity contribution in [2.75, 3.05) is 0 Å². The summed E-state index contributed by atoms with van der Waals surface area (Å²) in [5.74, 6) is -3.76. The molecular formula is C120H96Fe2N2O12S. The van der Waals surface area contributed by atoms with Gasteiger partial charge in [0.1, 0.15) is 0 Å². The Balaban J connectivity index is 0.000000187. The Morgan fingerprint density at radius 3 is 0.686 bits per heavy atom. The third kappa shape index (κ3) is 26.0. The minimum Gasteiger partial charge on any atom is -0.872 e. The molecule has 1 aliphatic rings. The first-order chi connectivity index (χ1) is 65.4. The number of carbonyl (C=O) groups is 3. The van der Waals surface area contributed by atoms with Crippen molar-refractivity contribution in [1.82, 2.24) is 0 Å². The van der Waals surface area contributed by atoms with Crippen LogP contribution >= 0.6 is 0 Å². The van der Waals surface area contributed by atoms with Crippen LogP contribution in [0.1, 0.15) is 83.5 Å². The number of aliphatic imine (C=N–C) groups is 2. The zero-order valence-corrected chi connectivity index (χ0v) is 78.0. The topological polar surface area (TPSA) is 265 Å². The van der Waals surface area contributed by atoms with Gasteiger partial charge in [-0.25, -0.2) is 8.42 Å². The molecule has 14 nitrogen and oxygen atoms in total. The molecule has 18 aromatic rings. The summed E-state index contributed by atoms with van der Waals surface area (Å²) in [6.07, 6.45) is 2.96. The van der Waals surface area contributed by atoms with Gasteiger partial charge in [-0.15, -0.1) is 0 Å². The van der Waals surface area contributed by atoms with E-state index >= 15 is 0 Å². The minimum atomic E-state index is -3.95. The maximum absolute atomic E-state index is 13.8. The van der Waals surface area contributed by atoms with Crippen LogP contribution in [0.15, 0.2) is 523 Å². The second kappa shape index (κ2) is 51.5. The fraction of sp³-hybridized carbons (Fsp3) is 0.0583. The number of nitrogens with zero attached hydrogens (tertiary/aromatic N) is 2. The molecule has 12 bridgehead atoms. The van der Waals surface area contributed by atoms with E-state index < -0.39 is 44.0 Å². The zero-order chi connectivity index (χ0) is 93.8. The molecule has 0 fully saturated rings. The third-order valence-electron chi connectivity index (χ3n) is 22.3. The Morgan fingerprint density at radius 2 is 0.474 bits per heavy atom. The number of carbonyl (C=O) groups excluding carboxylic acids is 3. The molecule has 1 heterocycles. The second-order valence-electron chi connectivity index (χ2n) is 31.2. The van der Waals surface area contributed by atoms with E-state index in [4.69, 9.17) is 4.74 Å². The van der Waals surface area contributed by atoms with E-state index in [1.54, 1.807) is 36.4 Å². The number of rotatable bonds is 12. The summed E-state index contributed by atoms with van der Waals surface area (Å²) in [6, 6.07) is 154. The van der Waals surface area contributed by atoms with E-state index in [2.05, 4.69) is 9.98 Å². The molecule has 2 radical (unpaired) electrons. The van der Waals surface area contributed by atoms with Crippen LogP contribution in [0, 0.1) is 13.8 Å². The second-order valence-corrected chi connectivity index (χ2v) is 33.2. The molecule has 1 N–H and O–H groups in total. The van der Waals surface area contributed by atoms with E-state index in [9.17, 15) is 48.3 Å². The molecule has 0 amide bonds. The molecule has 17 heteroatoms. The van der Waals surface area contributed by atoms with Crippen molar-refractivity contribution in [2.45, 2.75) is 53.1 Å². The monoisotopic (exact) mass is 1900 g/mol. The van der Waals surface area contributed by atoms with Gasteiger partial charge in [-0.05, 0) is 168 Å². The van der Waals surface area contributed by atoms with Crippen LogP contribution < -0.4 is 25.5 Å². The fourth-order valence-corrected chi connectivity index (χ4v) is 17.3. The van der Waals surface area contributed by atoms with Crippen molar-refractivity contribution < 1.29 is 92.7 Å². The van der Waals surface area contributed by atoms with Gasteiger partial charge < -0.3 is 50.1 Å². The van der Waals surface area contributed by atoms with Gasteiger partial charge in [0.25, 0.3) is 0 Å². The minimum absolute atomic E-state index is 0. The van der Waals surface area contributed by atoms with Gasteiger partial charge in [0, 0.05) is 12.4 Å². The first-order valence-electron chi connectivity index (χ1n) is 43.5. The summed E-state index contributed by atoms with van der Waals surface area (Å²) in [5, 5.41) is 64.3. The van der Waals surface area contributed by atoms with Crippen LogP contribution in [0.25, 0.3) is 22.3 Å². The molecule has 0 aliphatic carbocycles. The van der Waals surface area contributed by atoms with E-state index in [0.29, 0.717) is 96.9 Å². The molecule has 0 saturated carbocycles. The molecule has 18 aromatic carbocycles. The molecule has 1 aliphatic heterocycles. The van der Waals surface area contributed by atoms with Gasteiger partial charge in [0.05, 0.1) is 68.5 Å². The van der Waals surface area contributed by atoms with E-state index in [-0.39, 0.29) is 60.9 Å². The fourth-order valence-electron chi connectivity index (χ4n) is 16.0. The SMILES string of the molecule is Cc1cc2c([O-])c(c1)-c1cccc(c1)COCc1cccc(c1)-c1cc(C)cc(c1[O-])C=Nc1cccc(c1)S(=O)(=O)c1cccc(c1)N=C2.O=C([O-])C(c1ccccc1)(c1ccccc1)c1ccccc1.O=C([O-])C(c1ccccc1)(c1ccccc1)c1ccccc1.O=C([O-])C(c1ccccc1)(c1ccccc1)c1ccccc1.[Fe+3].[Fe+3].[OH-].c1ccccc1.c1ccccc1.c1ccccc1. The van der Waals surface area contributed by atoms with Crippen LogP contribution in [-0.2, 0) is 92.6 Å². The zero-order valence-electron chi connectivity index (χ0n) is 74.9. The van der Waals surface area contributed by atoms with Gasteiger partial charge in [-0.1, -0.05) is 466 Å². The Bertz CT molecular complexity index is 6040. The van der Waals surface area contributed by atoms with Gasteiger partial charge in [-0.2, -0.15) is 0 Å². The average Bonchev–Trinajstić information content (AvgIpc) is 0.752. The largest absolute Gasteiger partial charge is 3.00 e. The van der Waals surface area contributed by atoms with Crippen molar-refractivity contribution in [3.05, 3.63) is 587 Å². The Kier molecular flexibility index (Phi) is 38.8. The molecule has 0 atom stereocenters. The molecule has 680 valence electrons. The maximum Gasteiger partial charge on any atom is 3.00 e. The number of benzene rings is 18. The average molecular weight is 1900 g/mol. The maximum atomic E-state index is 13.8. The Morgan fingerprint density at radius 1 is 0.270 bits per heavy atom. The van der Waals surface area contributed by atoms with Gasteiger partial charge >= 0.3 is 34.1 Å². The Hall–Kier alpha value is -15.8.